The molecule has 3 rings (SSSR count). The van der Waals surface area contributed by atoms with Gasteiger partial charge in [0, 0.05) is 5.92 Å². The van der Waals surface area contributed by atoms with Crippen LogP contribution in [0.25, 0.3) is 0 Å². The van der Waals surface area contributed by atoms with Gasteiger partial charge in [-0.25, -0.2) is 4.39 Å². The number of nitrogens with one attached hydrogen (secondary N) is 1. The molecule has 0 radical (unpaired) electrons. The average Bonchev–Trinajstić information content (AvgIpc) is 2.96. The molecule has 1 aliphatic carbocycles. The Hall–Kier alpha value is -0.610. The molecule has 2 fully saturated rings. The number of alkyl halides is 1. The van der Waals surface area contributed by atoms with Crippen molar-refractivity contribution in [2.75, 3.05) is 13.2 Å². The topological polar surface area (TPSA) is 111 Å². The van der Waals surface area contributed by atoms with Gasteiger partial charge >= 0.3 is 0 Å². The molecule has 0 amide bonds. The maximum absolute atomic E-state index is 13.9. The molecule has 7 nitrogen and oxygen atoms in total. The van der Waals surface area contributed by atoms with Crippen LogP contribution in [0.5, 0.6) is 0 Å². The quantitative estimate of drug-likeness (QED) is 0.385. The molecule has 2 aliphatic heterocycles. The van der Waals surface area contributed by atoms with Crippen molar-refractivity contribution in [2.45, 2.75) is 55.9 Å². The van der Waals surface area contributed by atoms with E-state index in [0.717, 1.165) is 0 Å². The van der Waals surface area contributed by atoms with E-state index in [1.807, 2.05) is 0 Å². The number of aliphatic hydroxyl groups is 4. The van der Waals surface area contributed by atoms with Crippen molar-refractivity contribution >= 4 is 0 Å². The lowest BCUT2D eigenvalue weighted by Crippen LogP contribution is -2.63. The zero-order chi connectivity index (χ0) is 16.0. The van der Waals surface area contributed by atoms with E-state index in [1.54, 1.807) is 13.0 Å². The van der Waals surface area contributed by atoms with Gasteiger partial charge in [-0.05, 0) is 5.57 Å². The highest BCUT2D eigenvalue weighted by Gasteiger charge is 2.51. The largest absolute Gasteiger partial charge is 0.392 e. The van der Waals surface area contributed by atoms with Crippen molar-refractivity contribution in [2.24, 2.45) is 5.92 Å². The summed E-state index contributed by atoms with van der Waals surface area (Å²) < 4.78 is 24.4. The zero-order valence-electron chi connectivity index (χ0n) is 12.2. The Morgan fingerprint density at radius 2 is 2.00 bits per heavy atom. The zero-order valence-corrected chi connectivity index (χ0v) is 12.2. The predicted octanol–water partition coefficient (Wildman–Crippen LogP) is -1.94. The third kappa shape index (κ3) is 2.58. The smallest absolute Gasteiger partial charge is 0.192 e. The second-order valence-electron chi connectivity index (χ2n) is 6.20. The van der Waals surface area contributed by atoms with E-state index in [1.165, 1.54) is 0 Å². The summed E-state index contributed by atoms with van der Waals surface area (Å²) in [6.45, 7) is 1.61. The summed E-state index contributed by atoms with van der Waals surface area (Å²) in [5, 5.41) is 42.6. The van der Waals surface area contributed by atoms with Crippen molar-refractivity contribution in [3.63, 3.8) is 0 Å². The summed E-state index contributed by atoms with van der Waals surface area (Å²) in [6.07, 6.45) is -5.16. The van der Waals surface area contributed by atoms with Gasteiger partial charge in [0.15, 0.2) is 12.5 Å². The molecule has 0 saturated carbocycles. The SMILES string of the molecule is CC1C(CO)=CC(NC2C3COC(O3)C(F)C2O)C(O)C1O. The van der Waals surface area contributed by atoms with E-state index in [-0.39, 0.29) is 19.1 Å². The van der Waals surface area contributed by atoms with E-state index in [0.29, 0.717) is 5.57 Å². The highest BCUT2D eigenvalue weighted by molar-refractivity contribution is 5.20. The second-order valence-corrected chi connectivity index (χ2v) is 6.20. The molecule has 8 heteroatoms. The summed E-state index contributed by atoms with van der Waals surface area (Å²) in [6, 6.07) is -1.49. The molecule has 0 aromatic rings. The highest BCUT2D eigenvalue weighted by atomic mass is 19.1. The van der Waals surface area contributed by atoms with Crippen LogP contribution in [0.4, 0.5) is 4.39 Å². The Morgan fingerprint density at radius 1 is 1.27 bits per heavy atom. The molecule has 5 N–H and O–H groups in total. The lowest BCUT2D eigenvalue weighted by atomic mass is 9.81. The van der Waals surface area contributed by atoms with Crippen LogP contribution >= 0.6 is 0 Å². The Balaban J connectivity index is 1.78. The first-order chi connectivity index (χ1) is 10.4. The summed E-state index contributed by atoms with van der Waals surface area (Å²) in [5.74, 6) is -0.376. The summed E-state index contributed by atoms with van der Waals surface area (Å²) in [4.78, 5) is 0. The van der Waals surface area contributed by atoms with Crippen LogP contribution in [0.1, 0.15) is 6.92 Å². The number of halogens is 1. The van der Waals surface area contributed by atoms with Crippen LogP contribution in [-0.4, -0.2) is 82.6 Å². The first kappa shape index (κ1) is 16.3. The van der Waals surface area contributed by atoms with Gasteiger partial charge in [0.25, 0.3) is 0 Å². The second kappa shape index (κ2) is 6.12. The minimum absolute atomic E-state index is 0.151. The van der Waals surface area contributed by atoms with Gasteiger partial charge in [0.2, 0.25) is 0 Å². The molecule has 2 heterocycles. The van der Waals surface area contributed by atoms with Gasteiger partial charge in [0.1, 0.15) is 12.2 Å². The van der Waals surface area contributed by atoms with Crippen molar-refractivity contribution < 1.29 is 34.3 Å². The van der Waals surface area contributed by atoms with E-state index < -0.39 is 49.0 Å². The molecule has 9 unspecified atom stereocenters. The number of fused-ring (bicyclic) bond motifs is 2. The number of aliphatic hydroxyl groups excluding tert-OH is 4. The Kier molecular flexibility index (Phi) is 4.52. The minimum Gasteiger partial charge on any atom is -0.392 e. The Bertz CT molecular complexity index is 449. The molecule has 126 valence electrons. The standard InChI is InChI=1S/C14H22FNO6/c1-5-6(3-17)2-7(12(19)11(5)18)16-10-8-4-21-14(22-8)9(15)13(10)20/h2,5,7-14,16-20H,3-4H2,1H3. The minimum atomic E-state index is -1.68. The van der Waals surface area contributed by atoms with Crippen LogP contribution in [-0.2, 0) is 9.47 Å². The molecule has 0 aromatic carbocycles. The lowest BCUT2D eigenvalue weighted by Gasteiger charge is -2.41. The summed E-state index contributed by atoms with van der Waals surface area (Å²) in [5.41, 5.74) is 0.582. The molecule has 0 aromatic heterocycles. The summed E-state index contributed by atoms with van der Waals surface area (Å²) >= 11 is 0. The maximum atomic E-state index is 13.9. The fraction of sp³-hybridized carbons (Fsp3) is 0.857. The fourth-order valence-corrected chi connectivity index (χ4v) is 3.35. The molecule has 9 atom stereocenters. The van der Waals surface area contributed by atoms with Gasteiger partial charge in [-0.15, -0.1) is 0 Å². The fourth-order valence-electron chi connectivity index (χ4n) is 3.35. The molecule has 22 heavy (non-hydrogen) atoms. The van der Waals surface area contributed by atoms with E-state index >= 15 is 0 Å². The van der Waals surface area contributed by atoms with Crippen molar-refractivity contribution in [3.05, 3.63) is 11.6 Å². The molecule has 2 bridgehead atoms. The highest BCUT2D eigenvalue weighted by Crippen LogP contribution is 2.32. The van der Waals surface area contributed by atoms with Crippen LogP contribution in [0, 0.1) is 5.92 Å². The molecule has 0 spiro atoms. The number of ether oxygens (including phenoxy) is 2. The Labute approximate surface area is 127 Å². The molecule has 2 saturated heterocycles. The normalized spacial score (nSPS) is 51.7. The van der Waals surface area contributed by atoms with E-state index in [2.05, 4.69) is 5.32 Å². The van der Waals surface area contributed by atoms with Crippen molar-refractivity contribution in [1.82, 2.24) is 5.32 Å². The van der Waals surface area contributed by atoms with Gasteiger partial charge in [-0.2, -0.15) is 0 Å². The van der Waals surface area contributed by atoms with E-state index in [9.17, 15) is 24.8 Å². The van der Waals surface area contributed by atoms with Gasteiger partial charge < -0.3 is 35.2 Å². The van der Waals surface area contributed by atoms with E-state index in [4.69, 9.17) is 9.47 Å². The molecule has 3 aliphatic rings. The molecular formula is C14H22FNO6. The predicted molar refractivity (Wildman–Crippen MR) is 72.6 cm³/mol. The first-order valence-electron chi connectivity index (χ1n) is 7.47. The van der Waals surface area contributed by atoms with Crippen LogP contribution in [0.3, 0.4) is 0 Å². The van der Waals surface area contributed by atoms with Gasteiger partial charge in [0.05, 0.1) is 37.5 Å². The number of hydrogen-bond donors (Lipinski definition) is 5. The third-order valence-electron chi connectivity index (χ3n) is 4.86. The molecular weight excluding hydrogens is 297 g/mol. The van der Waals surface area contributed by atoms with Crippen molar-refractivity contribution in [1.29, 1.82) is 0 Å². The van der Waals surface area contributed by atoms with Crippen LogP contribution < -0.4 is 5.32 Å². The van der Waals surface area contributed by atoms with Gasteiger partial charge in [-0.3, -0.25) is 0 Å². The van der Waals surface area contributed by atoms with Gasteiger partial charge in [-0.1, -0.05) is 13.0 Å². The summed E-state index contributed by atoms with van der Waals surface area (Å²) in [7, 11) is 0. The average molecular weight is 319 g/mol. The Morgan fingerprint density at radius 3 is 2.68 bits per heavy atom. The number of rotatable bonds is 3. The number of hydrogen-bond acceptors (Lipinski definition) is 7. The maximum Gasteiger partial charge on any atom is 0.192 e. The van der Waals surface area contributed by atoms with Crippen molar-refractivity contribution in [3.8, 4) is 0 Å². The van der Waals surface area contributed by atoms with Crippen LogP contribution in [0.15, 0.2) is 11.6 Å². The first-order valence-corrected chi connectivity index (χ1v) is 7.47. The third-order valence-corrected chi connectivity index (χ3v) is 4.86. The monoisotopic (exact) mass is 319 g/mol. The van der Waals surface area contributed by atoms with Crippen LogP contribution in [0.2, 0.25) is 0 Å². The lowest BCUT2D eigenvalue weighted by molar-refractivity contribution is -0.180.